The summed E-state index contributed by atoms with van der Waals surface area (Å²) in [6.45, 7) is 6.29. The molecule has 1 aromatic heterocycles. The summed E-state index contributed by atoms with van der Waals surface area (Å²) in [5.41, 5.74) is 12.6. The van der Waals surface area contributed by atoms with Gasteiger partial charge in [-0.15, -0.1) is 0 Å². The van der Waals surface area contributed by atoms with Gasteiger partial charge in [0.2, 0.25) is 0 Å². The molecule has 5 nitrogen and oxygen atoms in total. The van der Waals surface area contributed by atoms with Crippen molar-refractivity contribution in [2.45, 2.75) is 38.1 Å². The van der Waals surface area contributed by atoms with E-state index in [1.54, 1.807) is 0 Å². The van der Waals surface area contributed by atoms with Gasteiger partial charge in [0.15, 0.2) is 5.78 Å². The minimum absolute atomic E-state index is 0.0932. The first-order valence-electron chi connectivity index (χ1n) is 10.5. The first kappa shape index (κ1) is 19.6. The van der Waals surface area contributed by atoms with E-state index in [-0.39, 0.29) is 17.2 Å². The predicted molar refractivity (Wildman–Crippen MR) is 127 cm³/mol. The van der Waals surface area contributed by atoms with Crippen molar-refractivity contribution >= 4 is 44.0 Å². The van der Waals surface area contributed by atoms with Crippen molar-refractivity contribution in [3.8, 4) is 0 Å². The molecule has 2 heterocycles. The molecule has 1 aliphatic heterocycles. The van der Waals surface area contributed by atoms with E-state index in [9.17, 15) is 4.79 Å². The number of halogens is 1. The highest BCUT2D eigenvalue weighted by molar-refractivity contribution is 9.10. The van der Waals surface area contributed by atoms with Gasteiger partial charge in [0.1, 0.15) is 0 Å². The van der Waals surface area contributed by atoms with Crippen LogP contribution in [0.2, 0.25) is 0 Å². The van der Waals surface area contributed by atoms with Gasteiger partial charge in [0.05, 0.1) is 11.3 Å². The Morgan fingerprint density at radius 1 is 1.20 bits per heavy atom. The molecule has 1 aliphatic carbocycles. The summed E-state index contributed by atoms with van der Waals surface area (Å²) in [5.74, 6) is 0.0932. The van der Waals surface area contributed by atoms with Crippen LogP contribution in [0.25, 0.3) is 10.9 Å². The number of piperidine rings is 1. The van der Waals surface area contributed by atoms with Gasteiger partial charge in [-0.3, -0.25) is 4.79 Å². The minimum atomic E-state index is -0.307. The molecule has 0 radical (unpaired) electrons. The zero-order valence-corrected chi connectivity index (χ0v) is 19.2. The van der Waals surface area contributed by atoms with E-state index in [1.165, 1.54) is 0 Å². The Bertz CT molecular complexity index is 1170. The van der Waals surface area contributed by atoms with Gasteiger partial charge in [-0.2, -0.15) is 0 Å². The zero-order chi connectivity index (χ0) is 21.2. The van der Waals surface area contributed by atoms with Crippen LogP contribution in [0.3, 0.4) is 0 Å². The van der Waals surface area contributed by atoms with E-state index in [0.717, 1.165) is 75.1 Å². The quantitative estimate of drug-likeness (QED) is 0.508. The van der Waals surface area contributed by atoms with Crippen LogP contribution in [0.15, 0.2) is 34.8 Å². The topological polar surface area (TPSA) is 74.2 Å². The molecule has 2 aromatic carbocycles. The van der Waals surface area contributed by atoms with Gasteiger partial charge in [0.25, 0.3) is 0 Å². The average Bonchev–Trinajstić information content (AvgIpc) is 3.12. The first-order chi connectivity index (χ1) is 14.3. The van der Waals surface area contributed by atoms with Crippen molar-refractivity contribution in [1.82, 2.24) is 4.98 Å². The fourth-order valence-corrected chi connectivity index (χ4v) is 5.57. The Morgan fingerprint density at radius 3 is 2.63 bits per heavy atom. The fraction of sp³-hybridized carbons (Fsp3) is 0.375. The molecule has 6 heteroatoms. The Labute approximate surface area is 185 Å². The Balaban J connectivity index is 1.67. The Morgan fingerprint density at radius 2 is 1.93 bits per heavy atom. The summed E-state index contributed by atoms with van der Waals surface area (Å²) in [7, 11) is 1.90. The van der Waals surface area contributed by atoms with E-state index in [4.69, 9.17) is 5.73 Å². The number of ketones is 1. The lowest BCUT2D eigenvalue weighted by atomic mass is 9.71. The molecule has 1 saturated heterocycles. The molecule has 0 unspecified atom stereocenters. The number of carbonyl (C=O) groups excluding carboxylic acids is 1. The van der Waals surface area contributed by atoms with E-state index in [0.29, 0.717) is 0 Å². The van der Waals surface area contributed by atoms with Gasteiger partial charge in [-0.25, -0.2) is 0 Å². The second-order valence-electron chi connectivity index (χ2n) is 9.01. The van der Waals surface area contributed by atoms with E-state index in [2.05, 4.69) is 57.1 Å². The summed E-state index contributed by atoms with van der Waals surface area (Å²) in [6, 6.07) is 10.6. The van der Waals surface area contributed by atoms with Gasteiger partial charge in [-0.1, -0.05) is 19.9 Å². The lowest BCUT2D eigenvalue weighted by Gasteiger charge is -2.36. The number of H-pyrrole nitrogens is 1. The van der Waals surface area contributed by atoms with Gasteiger partial charge in [-0.05, 0) is 58.6 Å². The van der Waals surface area contributed by atoms with Crippen LogP contribution in [0.1, 0.15) is 53.9 Å². The summed E-state index contributed by atoms with van der Waals surface area (Å²) in [6.07, 6.45) is 1.98. The van der Waals surface area contributed by atoms with E-state index >= 15 is 0 Å². The van der Waals surface area contributed by atoms with E-state index in [1.807, 2.05) is 25.2 Å². The Hall–Kier alpha value is -2.31. The van der Waals surface area contributed by atoms with Crippen molar-refractivity contribution in [3.63, 3.8) is 0 Å². The van der Waals surface area contributed by atoms with Crippen molar-refractivity contribution in [2.24, 2.45) is 5.73 Å². The lowest BCUT2D eigenvalue weighted by molar-refractivity contribution is 0.103. The van der Waals surface area contributed by atoms with E-state index < -0.39 is 0 Å². The molecule has 0 atom stereocenters. The van der Waals surface area contributed by atoms with Crippen LogP contribution in [0.4, 0.5) is 11.4 Å². The van der Waals surface area contributed by atoms with Crippen LogP contribution in [0.5, 0.6) is 0 Å². The third-order valence-corrected chi connectivity index (χ3v) is 7.46. The maximum atomic E-state index is 13.6. The van der Waals surface area contributed by atoms with Crippen LogP contribution < -0.4 is 16.0 Å². The standard InChI is InChI=1S/C24H27BrN4O/c1-24(2)17-12-20(29-8-6-13(26)7-9-29)18(25)11-16(17)22(30)21-15-5-4-14(27-3)10-19(15)28-23(21)24/h4-5,10-13,27-28H,6-9,26H2,1-3H3. The van der Waals surface area contributed by atoms with Crippen molar-refractivity contribution in [1.29, 1.82) is 0 Å². The molecule has 0 spiro atoms. The fourth-order valence-electron chi connectivity index (χ4n) is 4.98. The number of nitrogens with one attached hydrogen (secondary N) is 2. The molecule has 1 fully saturated rings. The number of anilines is 2. The number of aromatic amines is 1. The minimum Gasteiger partial charge on any atom is -0.388 e. The number of nitrogens with two attached hydrogens (primary N) is 1. The van der Waals surface area contributed by atoms with Crippen molar-refractivity contribution in [2.75, 3.05) is 30.4 Å². The molecule has 30 heavy (non-hydrogen) atoms. The molecular formula is C24H27BrN4O. The normalized spacial score (nSPS) is 18.4. The largest absolute Gasteiger partial charge is 0.388 e. The third-order valence-electron chi connectivity index (χ3n) is 6.82. The molecule has 0 bridgehead atoms. The highest BCUT2D eigenvalue weighted by Crippen LogP contribution is 2.46. The number of hydrogen-bond donors (Lipinski definition) is 3. The maximum Gasteiger partial charge on any atom is 0.195 e. The molecule has 0 amide bonds. The highest BCUT2D eigenvalue weighted by atomic mass is 79.9. The summed E-state index contributed by atoms with van der Waals surface area (Å²) >= 11 is 3.75. The number of nitrogens with zero attached hydrogens (tertiary/aromatic N) is 1. The predicted octanol–water partition coefficient (Wildman–Crippen LogP) is 4.77. The van der Waals surface area contributed by atoms with Crippen LogP contribution >= 0.6 is 15.9 Å². The van der Waals surface area contributed by atoms with Crippen LogP contribution in [-0.4, -0.2) is 36.9 Å². The van der Waals surface area contributed by atoms with Gasteiger partial charge in [0, 0.05) is 63.9 Å². The SMILES string of the molecule is CNc1ccc2c3c([nH]c2c1)C(C)(C)c1cc(N2CCC(N)CC2)c(Br)cc1C3=O. The molecule has 2 aliphatic rings. The van der Waals surface area contributed by atoms with Crippen LogP contribution in [0, 0.1) is 0 Å². The number of carbonyl (C=O) groups is 1. The molecule has 5 rings (SSSR count). The molecular weight excluding hydrogens is 440 g/mol. The second kappa shape index (κ2) is 6.86. The third kappa shape index (κ3) is 2.81. The summed E-state index contributed by atoms with van der Waals surface area (Å²) < 4.78 is 0.974. The van der Waals surface area contributed by atoms with Crippen molar-refractivity contribution < 1.29 is 4.79 Å². The first-order valence-corrected chi connectivity index (χ1v) is 11.3. The number of fused-ring (bicyclic) bond motifs is 4. The lowest BCUT2D eigenvalue weighted by Crippen LogP contribution is -2.40. The Kier molecular flexibility index (Phi) is 4.49. The molecule has 3 aromatic rings. The van der Waals surface area contributed by atoms with Crippen LogP contribution in [-0.2, 0) is 5.41 Å². The number of benzene rings is 2. The highest BCUT2D eigenvalue weighted by Gasteiger charge is 2.40. The molecule has 0 saturated carbocycles. The van der Waals surface area contributed by atoms with Crippen molar-refractivity contribution in [3.05, 3.63) is 57.2 Å². The second-order valence-corrected chi connectivity index (χ2v) is 9.87. The molecule has 4 N–H and O–H groups in total. The summed E-state index contributed by atoms with van der Waals surface area (Å²) in [5, 5.41) is 4.16. The zero-order valence-electron chi connectivity index (χ0n) is 17.6. The van der Waals surface area contributed by atoms with Gasteiger partial charge >= 0.3 is 0 Å². The van der Waals surface area contributed by atoms with Gasteiger partial charge < -0.3 is 20.9 Å². The summed E-state index contributed by atoms with van der Waals surface area (Å²) in [4.78, 5) is 19.6. The molecule has 156 valence electrons. The number of hydrogen-bond acceptors (Lipinski definition) is 4. The number of aromatic nitrogens is 1. The monoisotopic (exact) mass is 466 g/mol. The smallest absolute Gasteiger partial charge is 0.195 e. The maximum absolute atomic E-state index is 13.6. The number of rotatable bonds is 2. The average molecular weight is 467 g/mol.